The number of aliphatic hydroxyl groups is 4. The molecule has 2 aromatic carbocycles. The maximum atomic E-state index is 10.2. The van der Waals surface area contributed by atoms with Crippen molar-refractivity contribution in [3.05, 3.63) is 59.7 Å². The molecule has 26 heavy (non-hydrogen) atoms. The minimum absolute atomic E-state index is 0.476. The summed E-state index contributed by atoms with van der Waals surface area (Å²) in [6.45, 7) is -0.483. The molecule has 3 rings (SSSR count). The zero-order valence-corrected chi connectivity index (χ0v) is 13.8. The summed E-state index contributed by atoms with van der Waals surface area (Å²) < 4.78 is 11.3. The number of nitrogens with zero attached hydrogens (tertiary/aromatic N) is 1. The molecule has 4 N–H and O–H groups in total. The number of hydrogen-bond acceptors (Lipinski definition) is 7. The van der Waals surface area contributed by atoms with Crippen LogP contribution in [-0.4, -0.2) is 51.4 Å². The Hall–Kier alpha value is -2.47. The molecule has 0 bridgehead atoms. The molecule has 2 aromatic rings. The zero-order valence-electron chi connectivity index (χ0n) is 13.8. The number of benzene rings is 2. The van der Waals surface area contributed by atoms with Crippen molar-refractivity contribution in [1.82, 2.24) is 0 Å². The first-order chi connectivity index (χ1) is 12.5. The van der Waals surface area contributed by atoms with Crippen LogP contribution < -0.4 is 4.74 Å². The number of nitriles is 1. The molecule has 1 heterocycles. The molecule has 136 valence electrons. The lowest BCUT2D eigenvalue weighted by atomic mass is 9.91. The van der Waals surface area contributed by atoms with E-state index in [9.17, 15) is 20.4 Å². The smallest absolute Gasteiger partial charge is 0.127 e. The van der Waals surface area contributed by atoms with Crippen molar-refractivity contribution in [2.45, 2.75) is 30.5 Å². The van der Waals surface area contributed by atoms with E-state index in [1.807, 2.05) is 6.07 Å². The van der Waals surface area contributed by atoms with Gasteiger partial charge in [-0.3, -0.25) is 0 Å². The highest BCUT2D eigenvalue weighted by molar-refractivity contribution is 5.39. The highest BCUT2D eigenvalue weighted by Gasteiger charge is 2.43. The molecule has 0 aromatic heterocycles. The minimum atomic E-state index is -1.44. The van der Waals surface area contributed by atoms with Gasteiger partial charge in [0.25, 0.3) is 0 Å². The Bertz CT molecular complexity index is 785. The number of ether oxygens (including phenoxy) is 2. The molecule has 5 atom stereocenters. The van der Waals surface area contributed by atoms with Crippen LogP contribution in [0.4, 0.5) is 0 Å². The van der Waals surface area contributed by atoms with E-state index in [1.165, 1.54) is 0 Å². The molecule has 1 aliphatic heterocycles. The van der Waals surface area contributed by atoms with E-state index >= 15 is 0 Å². The third-order valence-electron chi connectivity index (χ3n) is 4.30. The van der Waals surface area contributed by atoms with Gasteiger partial charge < -0.3 is 29.9 Å². The Morgan fingerprint density at radius 3 is 2.35 bits per heavy atom. The molecule has 1 saturated heterocycles. The van der Waals surface area contributed by atoms with Crippen LogP contribution >= 0.6 is 0 Å². The van der Waals surface area contributed by atoms with Crippen molar-refractivity contribution in [2.24, 2.45) is 0 Å². The average Bonchev–Trinajstić information content (AvgIpc) is 2.67. The topological polar surface area (TPSA) is 123 Å². The van der Waals surface area contributed by atoms with E-state index in [1.54, 1.807) is 48.5 Å². The van der Waals surface area contributed by atoms with E-state index in [4.69, 9.17) is 14.7 Å². The summed E-state index contributed by atoms with van der Waals surface area (Å²) >= 11 is 0. The predicted octanol–water partition coefficient (Wildman–Crippen LogP) is 0.865. The average molecular weight is 357 g/mol. The largest absolute Gasteiger partial charge is 0.457 e. The first kappa shape index (κ1) is 18.3. The molecule has 0 unspecified atom stereocenters. The molecule has 1 fully saturated rings. The lowest BCUT2D eigenvalue weighted by Crippen LogP contribution is -2.55. The second kappa shape index (κ2) is 7.83. The van der Waals surface area contributed by atoms with Crippen LogP contribution in [0.25, 0.3) is 0 Å². The highest BCUT2D eigenvalue weighted by atomic mass is 16.5. The molecule has 7 nitrogen and oxygen atoms in total. The third kappa shape index (κ3) is 3.70. The first-order valence-corrected chi connectivity index (χ1v) is 8.12. The van der Waals surface area contributed by atoms with E-state index < -0.39 is 37.1 Å². The van der Waals surface area contributed by atoms with Crippen LogP contribution in [0.1, 0.15) is 17.2 Å². The highest BCUT2D eigenvalue weighted by Crippen LogP contribution is 2.34. The SMILES string of the molecule is N#Cc1ccc(Oc2cccc([C@H]3O[C@H](CO)[C@@H](O)[C@H](O)[C@@H]3O)c2)cc1. The Morgan fingerprint density at radius 1 is 0.962 bits per heavy atom. The molecule has 0 amide bonds. The zero-order chi connectivity index (χ0) is 18.7. The fourth-order valence-electron chi connectivity index (χ4n) is 2.87. The van der Waals surface area contributed by atoms with Crippen molar-refractivity contribution < 1.29 is 29.9 Å². The maximum Gasteiger partial charge on any atom is 0.127 e. The van der Waals surface area contributed by atoms with Crippen molar-refractivity contribution >= 4 is 0 Å². The molecule has 0 aliphatic carbocycles. The summed E-state index contributed by atoms with van der Waals surface area (Å²) in [5.74, 6) is 1.01. The molecule has 0 saturated carbocycles. The Morgan fingerprint density at radius 2 is 1.69 bits per heavy atom. The van der Waals surface area contributed by atoms with Crippen LogP contribution in [0.15, 0.2) is 48.5 Å². The minimum Gasteiger partial charge on any atom is -0.457 e. The van der Waals surface area contributed by atoms with Gasteiger partial charge in [0.2, 0.25) is 0 Å². The van der Waals surface area contributed by atoms with Gasteiger partial charge in [-0.2, -0.15) is 5.26 Å². The lowest BCUT2D eigenvalue weighted by molar-refractivity contribution is -0.231. The van der Waals surface area contributed by atoms with Gasteiger partial charge in [0.1, 0.15) is 42.0 Å². The van der Waals surface area contributed by atoms with Crippen LogP contribution in [0.3, 0.4) is 0 Å². The second-order valence-corrected chi connectivity index (χ2v) is 6.06. The standard InChI is InChI=1S/C19H19NO6/c20-9-11-4-6-13(7-5-11)25-14-3-1-2-12(8-14)19-18(24)17(23)16(22)15(10-21)26-19/h1-8,15-19,21-24H,10H2/t15-,16-,17+,18+,19-/m1/s1. The predicted molar refractivity (Wildman–Crippen MR) is 90.4 cm³/mol. The van der Waals surface area contributed by atoms with Crippen LogP contribution in [0, 0.1) is 11.3 Å². The fourth-order valence-corrected chi connectivity index (χ4v) is 2.87. The van der Waals surface area contributed by atoms with E-state index in [-0.39, 0.29) is 0 Å². The normalized spacial score (nSPS) is 28.3. The van der Waals surface area contributed by atoms with Gasteiger partial charge in [-0.25, -0.2) is 0 Å². The van der Waals surface area contributed by atoms with Crippen molar-refractivity contribution in [3.63, 3.8) is 0 Å². The molecule has 0 radical (unpaired) electrons. The summed E-state index contributed by atoms with van der Waals surface area (Å²) in [5.41, 5.74) is 1.06. The van der Waals surface area contributed by atoms with E-state index in [2.05, 4.69) is 0 Å². The fraction of sp³-hybridized carbons (Fsp3) is 0.316. The number of aliphatic hydroxyl groups excluding tert-OH is 4. The van der Waals surface area contributed by atoms with Crippen molar-refractivity contribution in [3.8, 4) is 17.6 Å². The van der Waals surface area contributed by atoms with Gasteiger partial charge in [-0.05, 0) is 42.0 Å². The van der Waals surface area contributed by atoms with Gasteiger partial charge >= 0.3 is 0 Å². The summed E-state index contributed by atoms with van der Waals surface area (Å²) in [6.07, 6.45) is -6.08. The second-order valence-electron chi connectivity index (χ2n) is 6.06. The maximum absolute atomic E-state index is 10.2. The summed E-state index contributed by atoms with van der Waals surface area (Å²) in [6, 6.07) is 15.4. The summed E-state index contributed by atoms with van der Waals surface area (Å²) in [5, 5.41) is 48.1. The molecular weight excluding hydrogens is 338 g/mol. The van der Waals surface area contributed by atoms with Gasteiger partial charge in [-0.15, -0.1) is 0 Å². The summed E-state index contributed by atoms with van der Waals surface area (Å²) in [4.78, 5) is 0. The Balaban J connectivity index is 1.80. The Labute approximate surface area is 150 Å². The van der Waals surface area contributed by atoms with Gasteiger partial charge in [0.15, 0.2) is 0 Å². The number of rotatable bonds is 4. The molecule has 1 aliphatic rings. The third-order valence-corrected chi connectivity index (χ3v) is 4.30. The monoisotopic (exact) mass is 357 g/mol. The quantitative estimate of drug-likeness (QED) is 0.640. The van der Waals surface area contributed by atoms with Crippen LogP contribution in [-0.2, 0) is 4.74 Å². The molecule has 0 spiro atoms. The van der Waals surface area contributed by atoms with Gasteiger partial charge in [0, 0.05) is 0 Å². The van der Waals surface area contributed by atoms with E-state index in [0.29, 0.717) is 22.6 Å². The van der Waals surface area contributed by atoms with E-state index in [0.717, 1.165) is 0 Å². The van der Waals surface area contributed by atoms with Crippen LogP contribution in [0.5, 0.6) is 11.5 Å². The molecular formula is C19H19NO6. The van der Waals surface area contributed by atoms with Crippen molar-refractivity contribution in [1.29, 1.82) is 5.26 Å². The molecule has 7 heteroatoms. The van der Waals surface area contributed by atoms with Crippen LogP contribution in [0.2, 0.25) is 0 Å². The summed E-state index contributed by atoms with van der Waals surface area (Å²) in [7, 11) is 0. The van der Waals surface area contributed by atoms with Gasteiger partial charge in [-0.1, -0.05) is 12.1 Å². The van der Waals surface area contributed by atoms with Gasteiger partial charge in [0.05, 0.1) is 18.2 Å². The first-order valence-electron chi connectivity index (χ1n) is 8.12. The Kier molecular flexibility index (Phi) is 5.52. The van der Waals surface area contributed by atoms with Crippen molar-refractivity contribution in [2.75, 3.05) is 6.61 Å². The number of hydrogen-bond donors (Lipinski definition) is 4. The lowest BCUT2D eigenvalue weighted by Gasteiger charge is -2.40.